The number of fused-ring (bicyclic) bond motifs is 2. The van der Waals surface area contributed by atoms with Crippen molar-refractivity contribution in [2.24, 2.45) is 0 Å². The molecule has 2 aromatic heterocycles. The second-order valence-corrected chi connectivity index (χ2v) is 7.07. The number of para-hydroxylation sites is 3. The number of hydrogen-bond donors (Lipinski definition) is 1. The molecule has 0 saturated carbocycles. The first-order chi connectivity index (χ1) is 15.2. The molecular weight excluding hydrogens is 390 g/mol. The number of benzene rings is 3. The number of nitrogens with zero attached hydrogens (tertiary/aromatic N) is 4. The topological polar surface area (TPSA) is 81.8 Å². The summed E-state index contributed by atoms with van der Waals surface area (Å²) in [5.74, 6) is 0.0166. The molecule has 0 aliphatic rings. The molecule has 5 rings (SSSR count). The van der Waals surface area contributed by atoms with Crippen molar-refractivity contribution in [1.29, 1.82) is 0 Å². The van der Waals surface area contributed by atoms with Gasteiger partial charge >= 0.3 is 0 Å². The SMILES string of the molecule is CCn1c(NC(=O)c2nn(-c3ccccc3)c(=O)c3ccccc23)nc2ccccc21. The molecular formula is C24H19N5O2. The van der Waals surface area contributed by atoms with Gasteiger partial charge in [-0.1, -0.05) is 48.5 Å². The number of carbonyl (C=O) groups excluding carboxylic acids is 1. The largest absolute Gasteiger partial charge is 0.310 e. The van der Waals surface area contributed by atoms with Crippen molar-refractivity contribution in [2.45, 2.75) is 13.5 Å². The van der Waals surface area contributed by atoms with Gasteiger partial charge in [0.25, 0.3) is 11.5 Å². The number of imidazole rings is 1. The molecule has 0 fully saturated rings. The lowest BCUT2D eigenvalue weighted by Crippen LogP contribution is -2.27. The molecule has 0 saturated heterocycles. The molecule has 0 radical (unpaired) electrons. The van der Waals surface area contributed by atoms with Crippen LogP contribution < -0.4 is 10.9 Å². The van der Waals surface area contributed by atoms with E-state index in [9.17, 15) is 9.59 Å². The van der Waals surface area contributed by atoms with Crippen LogP contribution in [0.4, 0.5) is 5.95 Å². The number of aryl methyl sites for hydroxylation is 1. The lowest BCUT2D eigenvalue weighted by molar-refractivity contribution is 0.102. The zero-order valence-corrected chi connectivity index (χ0v) is 16.8. The number of carbonyl (C=O) groups is 1. The van der Waals surface area contributed by atoms with Gasteiger partial charge in [-0.25, -0.2) is 4.98 Å². The summed E-state index contributed by atoms with van der Waals surface area (Å²) in [6.45, 7) is 2.64. The summed E-state index contributed by atoms with van der Waals surface area (Å²) in [7, 11) is 0. The fourth-order valence-corrected chi connectivity index (χ4v) is 3.75. The van der Waals surface area contributed by atoms with Crippen molar-refractivity contribution in [1.82, 2.24) is 19.3 Å². The quantitative estimate of drug-likeness (QED) is 0.486. The van der Waals surface area contributed by atoms with E-state index in [2.05, 4.69) is 15.4 Å². The average molecular weight is 409 g/mol. The van der Waals surface area contributed by atoms with Gasteiger partial charge < -0.3 is 4.57 Å². The standard InChI is InChI=1S/C24H19N5O2/c1-2-28-20-15-9-8-14-19(20)25-24(28)26-22(30)21-17-12-6-7-13-18(17)23(31)29(27-21)16-10-4-3-5-11-16/h3-15H,2H2,1H3,(H,25,26,30). The minimum absolute atomic E-state index is 0.161. The maximum atomic E-state index is 13.3. The van der Waals surface area contributed by atoms with E-state index in [4.69, 9.17) is 0 Å². The first kappa shape index (κ1) is 18.7. The summed E-state index contributed by atoms with van der Waals surface area (Å²) in [6.07, 6.45) is 0. The second-order valence-electron chi connectivity index (χ2n) is 7.07. The molecule has 0 spiro atoms. The number of anilines is 1. The lowest BCUT2D eigenvalue weighted by Gasteiger charge is -2.12. The van der Waals surface area contributed by atoms with Gasteiger partial charge in [0, 0.05) is 11.9 Å². The van der Waals surface area contributed by atoms with Gasteiger partial charge in [0.1, 0.15) is 0 Å². The van der Waals surface area contributed by atoms with Crippen molar-refractivity contribution < 1.29 is 4.79 Å². The Kier molecular flexibility index (Phi) is 4.55. The van der Waals surface area contributed by atoms with E-state index >= 15 is 0 Å². The first-order valence-corrected chi connectivity index (χ1v) is 10.0. The number of aromatic nitrogens is 4. The highest BCUT2D eigenvalue weighted by Crippen LogP contribution is 2.21. The Hall–Kier alpha value is -4.26. The molecule has 0 bridgehead atoms. The molecule has 3 aromatic carbocycles. The third-order valence-corrected chi connectivity index (χ3v) is 5.22. The molecule has 0 aliphatic carbocycles. The van der Waals surface area contributed by atoms with Crippen LogP contribution in [0.1, 0.15) is 17.4 Å². The first-order valence-electron chi connectivity index (χ1n) is 10.0. The minimum Gasteiger partial charge on any atom is -0.310 e. The Bertz CT molecular complexity index is 1480. The summed E-state index contributed by atoms with van der Waals surface area (Å²) >= 11 is 0. The van der Waals surface area contributed by atoms with E-state index in [0.717, 1.165) is 11.0 Å². The van der Waals surface area contributed by atoms with Gasteiger partial charge in [-0.15, -0.1) is 0 Å². The minimum atomic E-state index is -0.425. The predicted molar refractivity (Wildman–Crippen MR) is 121 cm³/mol. The highest BCUT2D eigenvalue weighted by Gasteiger charge is 2.20. The fraction of sp³-hybridized carbons (Fsp3) is 0.0833. The van der Waals surface area contributed by atoms with Gasteiger partial charge in [-0.3, -0.25) is 14.9 Å². The average Bonchev–Trinajstić information content (AvgIpc) is 3.16. The van der Waals surface area contributed by atoms with E-state index in [1.54, 1.807) is 36.4 Å². The Morgan fingerprint density at radius 1 is 0.903 bits per heavy atom. The third kappa shape index (κ3) is 3.16. The third-order valence-electron chi connectivity index (χ3n) is 5.22. The van der Waals surface area contributed by atoms with Crippen LogP contribution in [0.2, 0.25) is 0 Å². The summed E-state index contributed by atoms with van der Waals surface area (Å²) < 4.78 is 3.20. The Labute approximate surface area is 177 Å². The van der Waals surface area contributed by atoms with Crippen LogP contribution in [0.25, 0.3) is 27.5 Å². The van der Waals surface area contributed by atoms with E-state index in [0.29, 0.717) is 29.0 Å². The number of amides is 1. The van der Waals surface area contributed by atoms with E-state index in [-0.39, 0.29) is 11.3 Å². The molecule has 1 N–H and O–H groups in total. The predicted octanol–water partition coefficient (Wildman–Crippen LogP) is 4.01. The van der Waals surface area contributed by atoms with Crippen molar-refractivity contribution in [3.05, 3.63) is 94.9 Å². The zero-order valence-electron chi connectivity index (χ0n) is 16.8. The van der Waals surface area contributed by atoms with Gasteiger partial charge in [0.2, 0.25) is 5.95 Å². The van der Waals surface area contributed by atoms with Crippen LogP contribution >= 0.6 is 0 Å². The Morgan fingerprint density at radius 2 is 1.58 bits per heavy atom. The van der Waals surface area contributed by atoms with Crippen LogP contribution in [0.3, 0.4) is 0 Å². The van der Waals surface area contributed by atoms with E-state index in [1.165, 1.54) is 4.68 Å². The van der Waals surface area contributed by atoms with Crippen molar-refractivity contribution in [2.75, 3.05) is 5.32 Å². The van der Waals surface area contributed by atoms with Crippen molar-refractivity contribution in [3.63, 3.8) is 0 Å². The zero-order chi connectivity index (χ0) is 21.4. The molecule has 1 amide bonds. The van der Waals surface area contributed by atoms with Gasteiger partial charge in [0.15, 0.2) is 5.69 Å². The Morgan fingerprint density at radius 3 is 2.35 bits per heavy atom. The molecule has 7 heteroatoms. The molecule has 152 valence electrons. The maximum Gasteiger partial charge on any atom is 0.279 e. The van der Waals surface area contributed by atoms with Gasteiger partial charge in [-0.2, -0.15) is 9.78 Å². The summed E-state index contributed by atoms with van der Waals surface area (Å²) in [5, 5.41) is 8.25. The van der Waals surface area contributed by atoms with Crippen molar-refractivity contribution in [3.8, 4) is 5.69 Å². The monoisotopic (exact) mass is 409 g/mol. The molecule has 0 aliphatic heterocycles. The summed E-state index contributed by atoms with van der Waals surface area (Å²) in [5.41, 5.74) is 2.21. The molecule has 31 heavy (non-hydrogen) atoms. The van der Waals surface area contributed by atoms with Crippen molar-refractivity contribution >= 4 is 33.7 Å². The summed E-state index contributed by atoms with van der Waals surface area (Å²) in [6, 6.07) is 23.8. The lowest BCUT2D eigenvalue weighted by atomic mass is 10.1. The number of nitrogens with one attached hydrogen (secondary N) is 1. The van der Waals surface area contributed by atoms with Crippen LogP contribution in [-0.4, -0.2) is 25.2 Å². The normalized spacial score (nSPS) is 11.1. The fourth-order valence-electron chi connectivity index (χ4n) is 3.75. The van der Waals surface area contributed by atoms with E-state index in [1.807, 2.05) is 54.0 Å². The summed E-state index contributed by atoms with van der Waals surface area (Å²) in [4.78, 5) is 30.9. The highest BCUT2D eigenvalue weighted by molar-refractivity contribution is 6.11. The highest BCUT2D eigenvalue weighted by atomic mass is 16.2. The van der Waals surface area contributed by atoms with E-state index < -0.39 is 5.91 Å². The van der Waals surface area contributed by atoms with Gasteiger partial charge in [0.05, 0.1) is 22.1 Å². The molecule has 7 nitrogen and oxygen atoms in total. The number of rotatable bonds is 4. The van der Waals surface area contributed by atoms with Crippen LogP contribution in [-0.2, 0) is 6.54 Å². The van der Waals surface area contributed by atoms with Gasteiger partial charge in [-0.05, 0) is 37.3 Å². The molecule has 0 atom stereocenters. The van der Waals surface area contributed by atoms with Crippen LogP contribution in [0.5, 0.6) is 0 Å². The van der Waals surface area contributed by atoms with Crippen LogP contribution in [0, 0.1) is 0 Å². The molecule has 2 heterocycles. The maximum absolute atomic E-state index is 13.3. The molecule has 0 unspecified atom stereocenters. The smallest absolute Gasteiger partial charge is 0.279 e. The second kappa shape index (κ2) is 7.53. The van der Waals surface area contributed by atoms with Crippen LogP contribution in [0.15, 0.2) is 83.7 Å². The molecule has 5 aromatic rings. The Balaban J connectivity index is 1.66. The number of hydrogen-bond acceptors (Lipinski definition) is 4.